The summed E-state index contributed by atoms with van der Waals surface area (Å²) in [6.45, 7) is 3.66. The van der Waals surface area contributed by atoms with E-state index in [1.165, 1.54) is 5.56 Å². The first-order valence-corrected chi connectivity index (χ1v) is 21.9. The Balaban J connectivity index is 0.00000207. The van der Waals surface area contributed by atoms with E-state index in [0.29, 0.717) is 5.02 Å². The van der Waals surface area contributed by atoms with Gasteiger partial charge in [-0.05, 0) is 91.5 Å². The van der Waals surface area contributed by atoms with Crippen molar-refractivity contribution in [2.75, 3.05) is 5.75 Å². The van der Waals surface area contributed by atoms with Gasteiger partial charge in [-0.1, -0.05) is 78.3 Å². The predicted octanol–water partition coefficient (Wildman–Crippen LogP) is 10.7. The number of benzene rings is 3. The predicted molar refractivity (Wildman–Crippen MR) is 199 cm³/mol. The van der Waals surface area contributed by atoms with E-state index in [9.17, 15) is 15.0 Å². The smallest absolute Gasteiger partial charge is 0.303 e. The zero-order chi connectivity index (χ0) is 31.0. The molecule has 0 spiro atoms. The van der Waals surface area contributed by atoms with Gasteiger partial charge in [-0.15, -0.1) is 0 Å². The standard InChI is InChI=1S/C35H36ClNO3S.I2/c1-34(2,40)30-9-4-3-7-25(30)13-17-32(41-23-35(18-19-35)22-33(38)39)27-8-5-6-24(20-27)10-15-29-16-12-26-11-14-28(36)21-31(26)37-29;1-2/h3-12,14-16,20-21,32,40H,13,17-19,22-23H2,1-2H3,(H,38,39);/b15-10+;/t32-;/m1./s1. The lowest BCUT2D eigenvalue weighted by atomic mass is 9.90. The average molecular weight is 840 g/mol. The van der Waals surface area contributed by atoms with Crippen LogP contribution in [0, 0.1) is 5.41 Å². The minimum Gasteiger partial charge on any atom is -0.481 e. The molecule has 1 aliphatic rings. The van der Waals surface area contributed by atoms with Gasteiger partial charge in [-0.25, -0.2) is 4.98 Å². The molecule has 0 amide bonds. The Morgan fingerprint density at radius 2 is 1.79 bits per heavy atom. The van der Waals surface area contributed by atoms with E-state index < -0.39 is 11.6 Å². The quantitative estimate of drug-likeness (QED) is 0.139. The van der Waals surface area contributed by atoms with Crippen LogP contribution in [0.3, 0.4) is 0 Å². The molecular weight excluding hydrogens is 804 g/mol. The fraction of sp³-hybridized carbons (Fsp3) is 0.314. The molecule has 1 fully saturated rings. The molecule has 8 heteroatoms. The Morgan fingerprint density at radius 3 is 2.51 bits per heavy atom. The molecule has 0 radical (unpaired) electrons. The Hall–Kier alpha value is -1.66. The first-order chi connectivity index (χ1) is 20.6. The third-order valence-corrected chi connectivity index (χ3v) is 9.76. The molecule has 0 bridgehead atoms. The fourth-order valence-electron chi connectivity index (χ4n) is 5.36. The normalized spacial score (nSPS) is 14.7. The minimum absolute atomic E-state index is 0.0814. The zero-order valence-corrected chi connectivity index (χ0v) is 30.2. The van der Waals surface area contributed by atoms with Crippen LogP contribution in [0.15, 0.2) is 78.9 Å². The number of carbonyl (C=O) groups is 1. The number of halogens is 3. The number of fused-ring (bicyclic) bond motifs is 1. The van der Waals surface area contributed by atoms with E-state index in [0.717, 1.165) is 64.7 Å². The minimum atomic E-state index is -0.911. The van der Waals surface area contributed by atoms with Gasteiger partial charge in [-0.2, -0.15) is 11.8 Å². The van der Waals surface area contributed by atoms with E-state index in [2.05, 4.69) is 79.7 Å². The summed E-state index contributed by atoms with van der Waals surface area (Å²) >= 11 is 12.3. The van der Waals surface area contributed by atoms with Crippen molar-refractivity contribution in [1.82, 2.24) is 4.98 Å². The van der Waals surface area contributed by atoms with Crippen molar-refractivity contribution in [3.05, 3.63) is 112 Å². The van der Waals surface area contributed by atoms with Crippen LogP contribution >= 0.6 is 60.6 Å². The van der Waals surface area contributed by atoms with Gasteiger partial charge < -0.3 is 10.2 Å². The second-order valence-corrected chi connectivity index (χ2v) is 13.3. The van der Waals surface area contributed by atoms with Crippen molar-refractivity contribution in [1.29, 1.82) is 0 Å². The number of carboxylic acid groups (broad SMARTS) is 1. The number of aliphatic hydroxyl groups is 1. The summed E-state index contributed by atoms with van der Waals surface area (Å²) in [5.41, 5.74) is 5.15. The van der Waals surface area contributed by atoms with Crippen molar-refractivity contribution >= 4 is 89.6 Å². The van der Waals surface area contributed by atoms with Crippen molar-refractivity contribution < 1.29 is 15.0 Å². The van der Waals surface area contributed by atoms with Crippen LogP contribution in [0.2, 0.25) is 5.02 Å². The number of aliphatic carboxylic acids is 1. The maximum Gasteiger partial charge on any atom is 0.303 e. The Kier molecular flexibility index (Phi) is 12.4. The summed E-state index contributed by atoms with van der Waals surface area (Å²) in [6.07, 6.45) is 8.02. The van der Waals surface area contributed by atoms with Gasteiger partial charge in [0.2, 0.25) is 0 Å². The molecule has 226 valence electrons. The molecule has 43 heavy (non-hydrogen) atoms. The van der Waals surface area contributed by atoms with Crippen LogP contribution in [0.1, 0.15) is 72.7 Å². The molecule has 0 unspecified atom stereocenters. The molecule has 1 heterocycles. The lowest BCUT2D eigenvalue weighted by Gasteiger charge is -2.24. The van der Waals surface area contributed by atoms with Gasteiger partial charge in [0.15, 0.2) is 0 Å². The Morgan fingerprint density at radius 1 is 1.05 bits per heavy atom. The monoisotopic (exact) mass is 839 g/mol. The highest BCUT2D eigenvalue weighted by Gasteiger charge is 2.44. The molecule has 4 aromatic rings. The summed E-state index contributed by atoms with van der Waals surface area (Å²) in [7, 11) is 0. The van der Waals surface area contributed by atoms with Crippen molar-refractivity contribution in [3.63, 3.8) is 0 Å². The van der Waals surface area contributed by atoms with Crippen LogP contribution in [-0.2, 0) is 16.8 Å². The van der Waals surface area contributed by atoms with Crippen LogP contribution < -0.4 is 0 Å². The number of thioether (sulfide) groups is 1. The second kappa shape index (κ2) is 15.6. The molecule has 1 aliphatic carbocycles. The summed E-state index contributed by atoms with van der Waals surface area (Å²) in [5.74, 6) is 0.122. The van der Waals surface area contributed by atoms with Crippen molar-refractivity contribution in [2.24, 2.45) is 5.41 Å². The van der Waals surface area contributed by atoms with Crippen LogP contribution in [0.4, 0.5) is 0 Å². The molecule has 5 rings (SSSR count). The summed E-state index contributed by atoms with van der Waals surface area (Å²) in [5, 5.41) is 22.1. The average Bonchev–Trinajstić information content (AvgIpc) is 3.75. The molecule has 1 saturated carbocycles. The van der Waals surface area contributed by atoms with Crippen LogP contribution in [0.25, 0.3) is 23.1 Å². The maximum atomic E-state index is 11.5. The molecule has 1 atom stereocenters. The molecule has 1 aromatic heterocycles. The van der Waals surface area contributed by atoms with Crippen LogP contribution in [-0.4, -0.2) is 26.9 Å². The van der Waals surface area contributed by atoms with Gasteiger partial charge in [0.1, 0.15) is 0 Å². The van der Waals surface area contributed by atoms with E-state index in [1.54, 1.807) is 0 Å². The summed E-state index contributed by atoms with van der Waals surface area (Å²) in [6, 6.07) is 26.5. The third-order valence-electron chi connectivity index (χ3n) is 7.83. The summed E-state index contributed by atoms with van der Waals surface area (Å²) < 4.78 is 0. The molecule has 0 aliphatic heterocycles. The molecule has 4 nitrogen and oxygen atoms in total. The number of aryl methyl sites for hydroxylation is 1. The van der Waals surface area contributed by atoms with E-state index >= 15 is 0 Å². The highest BCUT2D eigenvalue weighted by molar-refractivity contribution is 15.0. The number of hydrogen-bond donors (Lipinski definition) is 2. The topological polar surface area (TPSA) is 70.4 Å². The lowest BCUT2D eigenvalue weighted by molar-refractivity contribution is -0.138. The van der Waals surface area contributed by atoms with Gasteiger partial charge >= 0.3 is 5.97 Å². The first-order valence-electron chi connectivity index (χ1n) is 14.2. The lowest BCUT2D eigenvalue weighted by Crippen LogP contribution is -2.18. The Bertz CT molecular complexity index is 1580. The number of pyridine rings is 1. The number of aromatic nitrogens is 1. The molecule has 0 saturated heterocycles. The van der Waals surface area contributed by atoms with E-state index in [4.69, 9.17) is 16.6 Å². The van der Waals surface area contributed by atoms with E-state index in [-0.39, 0.29) is 17.1 Å². The van der Waals surface area contributed by atoms with Gasteiger partial charge in [0.25, 0.3) is 0 Å². The first kappa shape index (κ1) is 34.2. The number of hydrogen-bond acceptors (Lipinski definition) is 4. The largest absolute Gasteiger partial charge is 0.481 e. The number of rotatable bonds is 12. The van der Waals surface area contributed by atoms with Crippen LogP contribution in [0.5, 0.6) is 0 Å². The second-order valence-electron chi connectivity index (χ2n) is 11.7. The van der Waals surface area contributed by atoms with Gasteiger partial charge in [-0.3, -0.25) is 4.79 Å². The van der Waals surface area contributed by atoms with Gasteiger partial charge in [0.05, 0.1) is 23.2 Å². The van der Waals surface area contributed by atoms with Crippen molar-refractivity contribution in [2.45, 2.75) is 56.8 Å². The number of carboxylic acids is 1. The maximum absolute atomic E-state index is 11.5. The highest BCUT2D eigenvalue weighted by Crippen LogP contribution is 2.53. The Labute approximate surface area is 287 Å². The number of nitrogens with zero attached hydrogens (tertiary/aromatic N) is 1. The van der Waals surface area contributed by atoms with Crippen molar-refractivity contribution in [3.8, 4) is 0 Å². The third kappa shape index (κ3) is 9.91. The SMILES string of the molecule is CC(C)(O)c1ccccc1CC[C@@H](SCC1(CC(=O)O)CC1)c1cccc(/C=C/c2ccc3ccc(Cl)cc3n2)c1.II. The summed E-state index contributed by atoms with van der Waals surface area (Å²) in [4.78, 5) is 16.2. The molecule has 2 N–H and O–H groups in total. The zero-order valence-electron chi connectivity index (χ0n) is 24.3. The molecule has 3 aromatic carbocycles. The fourth-order valence-corrected chi connectivity index (χ4v) is 7.09. The van der Waals surface area contributed by atoms with E-state index in [1.807, 2.05) is 74.1 Å². The highest BCUT2D eigenvalue weighted by atomic mass is 128. The van der Waals surface area contributed by atoms with Gasteiger partial charge in [0, 0.05) is 58.6 Å². The molecular formula is C35H36ClI2NO3S.